The molecular weight excluding hydrogens is 476 g/mol. The Hall–Kier alpha value is -4.47. The molecule has 0 saturated carbocycles. The Labute approximate surface area is 209 Å². The summed E-state index contributed by atoms with van der Waals surface area (Å²) in [6.45, 7) is 5.91. The minimum absolute atomic E-state index is 0.00411. The van der Waals surface area contributed by atoms with E-state index >= 15 is 0 Å². The summed E-state index contributed by atoms with van der Waals surface area (Å²) in [6, 6.07) is 19.4. The van der Waals surface area contributed by atoms with Gasteiger partial charge in [0.1, 0.15) is 0 Å². The van der Waals surface area contributed by atoms with Crippen molar-refractivity contribution in [2.45, 2.75) is 37.6 Å². The van der Waals surface area contributed by atoms with E-state index in [0.29, 0.717) is 11.1 Å². The highest BCUT2D eigenvalue weighted by molar-refractivity contribution is 7.92. The van der Waals surface area contributed by atoms with Crippen molar-refractivity contribution in [3.05, 3.63) is 94.0 Å². The second kappa shape index (κ2) is 8.95. The van der Waals surface area contributed by atoms with Crippen molar-refractivity contribution in [2.24, 2.45) is 0 Å². The first-order valence-corrected chi connectivity index (χ1v) is 12.5. The minimum Gasteiger partial charge on any atom is -0.279 e. The van der Waals surface area contributed by atoms with Crippen LogP contribution < -0.4 is 4.72 Å². The second-order valence-corrected chi connectivity index (χ2v) is 11.1. The number of benzene rings is 3. The predicted octanol–water partition coefficient (Wildman–Crippen LogP) is 4.32. The van der Waals surface area contributed by atoms with Crippen molar-refractivity contribution < 1.29 is 18.0 Å². The lowest BCUT2D eigenvalue weighted by molar-refractivity contribution is 0.0642. The summed E-state index contributed by atoms with van der Waals surface area (Å²) in [5.41, 5.74) is 1.26. The molecule has 2 amide bonds. The number of imide groups is 1. The van der Waals surface area contributed by atoms with Crippen LogP contribution in [-0.2, 0) is 22.0 Å². The maximum Gasteiger partial charge on any atom is 0.264 e. The number of sulfonamides is 1. The Balaban J connectivity index is 1.71. The van der Waals surface area contributed by atoms with Gasteiger partial charge in [-0.05, 0) is 52.9 Å². The van der Waals surface area contributed by atoms with Crippen LogP contribution in [0.5, 0.6) is 0 Å². The molecule has 1 N–H and O–H groups in total. The largest absolute Gasteiger partial charge is 0.279 e. The number of hydrogen-bond donors (Lipinski definition) is 1. The number of carbonyl (C=O) groups excluding carboxylic acids is 2. The van der Waals surface area contributed by atoms with Gasteiger partial charge in [-0.2, -0.15) is 10.5 Å². The van der Waals surface area contributed by atoms with Gasteiger partial charge in [0.15, 0.2) is 0 Å². The molecule has 8 nitrogen and oxygen atoms in total. The highest BCUT2D eigenvalue weighted by atomic mass is 32.2. The monoisotopic (exact) mass is 498 g/mol. The minimum atomic E-state index is -4.09. The topological polar surface area (TPSA) is 131 Å². The summed E-state index contributed by atoms with van der Waals surface area (Å²) < 4.78 is 28.7. The summed E-state index contributed by atoms with van der Waals surface area (Å²) >= 11 is 0. The van der Waals surface area contributed by atoms with Crippen molar-refractivity contribution in [1.82, 2.24) is 4.90 Å². The van der Waals surface area contributed by atoms with Gasteiger partial charge in [-0.3, -0.25) is 19.2 Å². The van der Waals surface area contributed by atoms with E-state index in [1.54, 1.807) is 36.4 Å². The molecule has 0 unspecified atom stereocenters. The van der Waals surface area contributed by atoms with Crippen LogP contribution in [0, 0.1) is 22.7 Å². The molecule has 4 rings (SSSR count). The second-order valence-electron chi connectivity index (χ2n) is 9.41. The van der Waals surface area contributed by atoms with Crippen molar-refractivity contribution in [1.29, 1.82) is 10.5 Å². The van der Waals surface area contributed by atoms with Gasteiger partial charge in [-0.15, -0.1) is 0 Å². The summed E-state index contributed by atoms with van der Waals surface area (Å²) in [5, 5.41) is 18.7. The number of nitrogens with zero attached hydrogens (tertiary/aromatic N) is 3. The molecule has 9 heteroatoms. The average Bonchev–Trinajstić information content (AvgIpc) is 3.09. The first kappa shape index (κ1) is 24.6. The van der Waals surface area contributed by atoms with E-state index in [1.165, 1.54) is 24.3 Å². The molecular formula is C27H22N4O4S. The van der Waals surface area contributed by atoms with Gasteiger partial charge in [0.05, 0.1) is 51.5 Å². The smallest absolute Gasteiger partial charge is 0.264 e. The molecule has 0 aliphatic carbocycles. The number of nitrogens with one attached hydrogen (secondary N) is 1. The van der Waals surface area contributed by atoms with E-state index in [0.717, 1.165) is 10.5 Å². The Kier molecular flexibility index (Phi) is 6.13. The summed E-state index contributed by atoms with van der Waals surface area (Å²) in [7, 11) is -4.09. The normalized spacial score (nSPS) is 13.2. The van der Waals surface area contributed by atoms with Gasteiger partial charge in [0.25, 0.3) is 21.8 Å². The molecule has 0 atom stereocenters. The molecule has 3 aromatic rings. The fourth-order valence-corrected chi connectivity index (χ4v) is 5.06. The van der Waals surface area contributed by atoms with Crippen LogP contribution in [0.25, 0.3) is 0 Å². The first-order valence-electron chi connectivity index (χ1n) is 11.0. The molecule has 0 aromatic heterocycles. The predicted molar refractivity (Wildman–Crippen MR) is 132 cm³/mol. The lowest BCUT2D eigenvalue weighted by atomic mass is 9.87. The standard InChI is InChI=1S/C27H22N4O4S/c1-27(2,3)20-8-10-21(11-9-20)36(34,35)30-22-12-7-19(15-29)23-24(22)26(33)31(25(23)32)16-18-6-4-5-17(13-18)14-28/h4-13,30H,16H2,1-3H3. The van der Waals surface area contributed by atoms with Gasteiger partial charge in [-0.25, -0.2) is 8.42 Å². The Morgan fingerprint density at radius 1 is 0.889 bits per heavy atom. The molecule has 1 aliphatic rings. The Bertz CT molecular complexity index is 1590. The maximum absolute atomic E-state index is 13.3. The van der Waals surface area contributed by atoms with Crippen LogP contribution in [0.1, 0.15) is 63.7 Å². The first-order chi connectivity index (χ1) is 17.0. The number of anilines is 1. The van der Waals surface area contributed by atoms with Crippen LogP contribution in [0.15, 0.2) is 65.6 Å². The van der Waals surface area contributed by atoms with Gasteiger partial charge in [-0.1, -0.05) is 45.0 Å². The van der Waals surface area contributed by atoms with Crippen LogP contribution in [-0.4, -0.2) is 25.1 Å². The zero-order chi connectivity index (χ0) is 26.3. The van der Waals surface area contributed by atoms with E-state index in [9.17, 15) is 23.3 Å². The van der Waals surface area contributed by atoms with Crippen molar-refractivity contribution in [3.63, 3.8) is 0 Å². The van der Waals surface area contributed by atoms with Crippen LogP contribution in [0.3, 0.4) is 0 Å². The lowest BCUT2D eigenvalue weighted by Gasteiger charge is -2.19. The van der Waals surface area contributed by atoms with Gasteiger partial charge < -0.3 is 0 Å². The van der Waals surface area contributed by atoms with Crippen molar-refractivity contribution >= 4 is 27.5 Å². The van der Waals surface area contributed by atoms with Gasteiger partial charge in [0.2, 0.25) is 0 Å². The fraction of sp³-hybridized carbons (Fsp3) is 0.185. The van der Waals surface area contributed by atoms with Gasteiger partial charge in [0, 0.05) is 0 Å². The third kappa shape index (κ3) is 4.45. The molecule has 0 fully saturated rings. The van der Waals surface area contributed by atoms with E-state index in [2.05, 4.69) is 4.72 Å². The molecule has 36 heavy (non-hydrogen) atoms. The third-order valence-electron chi connectivity index (χ3n) is 5.92. The van der Waals surface area contributed by atoms with E-state index in [1.807, 2.05) is 32.9 Å². The maximum atomic E-state index is 13.3. The SMILES string of the molecule is CC(C)(C)c1ccc(S(=O)(=O)Nc2ccc(C#N)c3c2C(=O)N(Cc2cccc(C#N)c2)C3=O)cc1. The van der Waals surface area contributed by atoms with Gasteiger partial charge >= 0.3 is 0 Å². The number of rotatable bonds is 5. The lowest BCUT2D eigenvalue weighted by Crippen LogP contribution is -2.29. The van der Waals surface area contributed by atoms with Crippen LogP contribution >= 0.6 is 0 Å². The quantitative estimate of drug-likeness (QED) is 0.521. The molecule has 3 aromatic carbocycles. The van der Waals surface area contributed by atoms with Crippen molar-refractivity contribution in [3.8, 4) is 12.1 Å². The highest BCUT2D eigenvalue weighted by Crippen LogP contribution is 2.34. The molecule has 0 radical (unpaired) electrons. The van der Waals surface area contributed by atoms with Crippen LogP contribution in [0.4, 0.5) is 5.69 Å². The molecule has 1 aliphatic heterocycles. The average molecular weight is 499 g/mol. The number of amides is 2. The fourth-order valence-electron chi connectivity index (χ4n) is 3.99. The molecule has 1 heterocycles. The van der Waals surface area contributed by atoms with E-state index in [-0.39, 0.29) is 39.2 Å². The van der Waals surface area contributed by atoms with Crippen molar-refractivity contribution in [2.75, 3.05) is 4.72 Å². The summed E-state index contributed by atoms with van der Waals surface area (Å²) in [5.74, 6) is -1.43. The molecule has 0 spiro atoms. The Morgan fingerprint density at radius 3 is 2.17 bits per heavy atom. The highest BCUT2D eigenvalue weighted by Gasteiger charge is 2.40. The zero-order valence-electron chi connectivity index (χ0n) is 19.9. The summed E-state index contributed by atoms with van der Waals surface area (Å²) in [6.07, 6.45) is 0. The molecule has 180 valence electrons. The third-order valence-corrected chi connectivity index (χ3v) is 7.30. The Morgan fingerprint density at radius 2 is 1.56 bits per heavy atom. The number of nitriles is 2. The molecule has 0 bridgehead atoms. The number of fused-ring (bicyclic) bond motifs is 1. The summed E-state index contributed by atoms with van der Waals surface area (Å²) in [4.78, 5) is 27.4. The molecule has 0 saturated heterocycles. The zero-order valence-corrected chi connectivity index (χ0v) is 20.7. The number of carbonyl (C=O) groups is 2. The number of hydrogen-bond acceptors (Lipinski definition) is 6. The van der Waals surface area contributed by atoms with Crippen LogP contribution in [0.2, 0.25) is 0 Å². The van der Waals surface area contributed by atoms with E-state index in [4.69, 9.17) is 5.26 Å². The van der Waals surface area contributed by atoms with E-state index < -0.39 is 21.8 Å².